The van der Waals surface area contributed by atoms with Gasteiger partial charge in [-0.05, 0) is 24.7 Å². The van der Waals surface area contributed by atoms with Gasteiger partial charge in [-0.1, -0.05) is 13.8 Å². The van der Waals surface area contributed by atoms with Crippen molar-refractivity contribution in [3.8, 4) is 0 Å². The van der Waals surface area contributed by atoms with Crippen molar-refractivity contribution >= 4 is 15.9 Å². The molecule has 2 aliphatic rings. The summed E-state index contributed by atoms with van der Waals surface area (Å²) in [6.45, 7) is 5.41. The molecular formula is C13H20N4O3S. The molecule has 7 nitrogen and oxygen atoms in total. The smallest absolute Gasteiger partial charge is 0.275 e. The third-order valence-electron chi connectivity index (χ3n) is 4.50. The molecule has 1 aliphatic heterocycles. The van der Waals surface area contributed by atoms with Crippen molar-refractivity contribution in [3.63, 3.8) is 0 Å². The highest BCUT2D eigenvalue weighted by Gasteiger charge is 2.38. The second-order valence-electron chi connectivity index (χ2n) is 6.30. The van der Waals surface area contributed by atoms with Crippen LogP contribution < -0.4 is 5.14 Å². The molecule has 2 fully saturated rings. The third kappa shape index (κ3) is 2.57. The first kappa shape index (κ1) is 14.5. The summed E-state index contributed by atoms with van der Waals surface area (Å²) >= 11 is 0. The molecule has 0 bridgehead atoms. The standard InChI is InChI=1S/C13H20N4O3S/c1-7-5-17(6-8(7)2)13(18)11-12(21(14,19)20)10(15-16-11)9-3-4-9/h7-9H,3-6H2,1-2H3,(H,15,16)(H2,14,19,20). The zero-order valence-corrected chi connectivity index (χ0v) is 13.0. The Morgan fingerprint density at radius 3 is 2.33 bits per heavy atom. The summed E-state index contributed by atoms with van der Waals surface area (Å²) < 4.78 is 23.7. The third-order valence-corrected chi connectivity index (χ3v) is 5.48. The number of hydrogen-bond donors (Lipinski definition) is 2. The normalized spacial score (nSPS) is 26.3. The van der Waals surface area contributed by atoms with Gasteiger partial charge < -0.3 is 4.90 Å². The highest BCUT2D eigenvalue weighted by molar-refractivity contribution is 7.89. The van der Waals surface area contributed by atoms with Crippen LogP contribution in [0.1, 0.15) is 48.8 Å². The molecule has 2 heterocycles. The van der Waals surface area contributed by atoms with Crippen LogP contribution in [0, 0.1) is 11.8 Å². The van der Waals surface area contributed by atoms with Gasteiger partial charge in [-0.3, -0.25) is 9.89 Å². The zero-order valence-electron chi connectivity index (χ0n) is 12.2. The molecule has 2 unspecified atom stereocenters. The van der Waals surface area contributed by atoms with Gasteiger partial charge in [-0.25, -0.2) is 13.6 Å². The zero-order chi connectivity index (χ0) is 15.4. The van der Waals surface area contributed by atoms with E-state index in [1.165, 1.54) is 0 Å². The minimum absolute atomic E-state index is 0.0549. The van der Waals surface area contributed by atoms with Gasteiger partial charge in [0.1, 0.15) is 4.90 Å². The number of hydrogen-bond acceptors (Lipinski definition) is 4. The van der Waals surface area contributed by atoms with E-state index in [1.807, 2.05) is 0 Å². The molecule has 1 aromatic heterocycles. The van der Waals surface area contributed by atoms with E-state index in [2.05, 4.69) is 24.0 Å². The van der Waals surface area contributed by atoms with Gasteiger partial charge in [-0.2, -0.15) is 5.10 Å². The van der Waals surface area contributed by atoms with Gasteiger partial charge in [-0.15, -0.1) is 0 Å². The molecule has 116 valence electrons. The second kappa shape index (κ2) is 4.81. The number of carbonyl (C=O) groups is 1. The number of sulfonamides is 1. The summed E-state index contributed by atoms with van der Waals surface area (Å²) in [5.41, 5.74) is 0.432. The van der Waals surface area contributed by atoms with Gasteiger partial charge in [0, 0.05) is 19.0 Å². The van der Waals surface area contributed by atoms with E-state index >= 15 is 0 Å². The highest BCUT2D eigenvalue weighted by atomic mass is 32.2. The molecule has 1 amide bonds. The number of nitrogens with zero attached hydrogens (tertiary/aromatic N) is 2. The Hall–Kier alpha value is -1.41. The largest absolute Gasteiger partial charge is 0.337 e. The fourth-order valence-electron chi connectivity index (χ4n) is 2.87. The lowest BCUT2D eigenvalue weighted by atomic mass is 10.0. The molecule has 3 rings (SSSR count). The summed E-state index contributed by atoms with van der Waals surface area (Å²) in [6, 6.07) is 0. The summed E-state index contributed by atoms with van der Waals surface area (Å²) in [7, 11) is -3.97. The maximum absolute atomic E-state index is 12.6. The number of H-pyrrole nitrogens is 1. The van der Waals surface area contributed by atoms with Gasteiger partial charge in [0.2, 0.25) is 10.0 Å². The van der Waals surface area contributed by atoms with Crippen molar-refractivity contribution in [1.29, 1.82) is 0 Å². The monoisotopic (exact) mass is 312 g/mol. The molecule has 8 heteroatoms. The topological polar surface area (TPSA) is 109 Å². The van der Waals surface area contributed by atoms with E-state index in [0.717, 1.165) is 12.8 Å². The first-order chi connectivity index (χ1) is 9.79. The Morgan fingerprint density at radius 2 is 1.86 bits per heavy atom. The van der Waals surface area contributed by atoms with E-state index in [-0.39, 0.29) is 22.4 Å². The molecule has 1 saturated heterocycles. The molecule has 0 spiro atoms. The maximum Gasteiger partial charge on any atom is 0.275 e. The average Bonchev–Trinajstić information content (AvgIpc) is 3.04. The maximum atomic E-state index is 12.6. The molecule has 3 N–H and O–H groups in total. The Balaban J connectivity index is 1.97. The van der Waals surface area contributed by atoms with E-state index in [4.69, 9.17) is 5.14 Å². The van der Waals surface area contributed by atoms with Gasteiger partial charge >= 0.3 is 0 Å². The molecule has 21 heavy (non-hydrogen) atoms. The van der Waals surface area contributed by atoms with Crippen molar-refractivity contribution in [2.75, 3.05) is 13.1 Å². The minimum Gasteiger partial charge on any atom is -0.337 e. The first-order valence-corrected chi connectivity index (χ1v) is 8.74. The highest BCUT2D eigenvalue weighted by Crippen LogP contribution is 2.42. The number of nitrogens with one attached hydrogen (secondary N) is 1. The number of carbonyl (C=O) groups excluding carboxylic acids is 1. The van der Waals surface area contributed by atoms with Crippen LogP contribution in [0.3, 0.4) is 0 Å². The quantitative estimate of drug-likeness (QED) is 0.854. The number of aromatic nitrogens is 2. The van der Waals surface area contributed by atoms with Crippen LogP contribution in [-0.2, 0) is 10.0 Å². The van der Waals surface area contributed by atoms with Gasteiger partial charge in [0.05, 0.1) is 5.69 Å². The SMILES string of the molecule is CC1CN(C(=O)c2n[nH]c(C3CC3)c2S(N)(=O)=O)CC1C. The number of amides is 1. The van der Waals surface area contributed by atoms with Crippen molar-refractivity contribution < 1.29 is 13.2 Å². The van der Waals surface area contributed by atoms with Crippen LogP contribution in [0.2, 0.25) is 0 Å². The predicted molar refractivity (Wildman–Crippen MR) is 76.2 cm³/mol. The van der Waals surface area contributed by atoms with Crippen molar-refractivity contribution in [3.05, 3.63) is 11.4 Å². The molecule has 1 aliphatic carbocycles. The van der Waals surface area contributed by atoms with Crippen LogP contribution in [-0.4, -0.2) is 42.5 Å². The Morgan fingerprint density at radius 1 is 1.29 bits per heavy atom. The van der Waals surface area contributed by atoms with Gasteiger partial charge in [0.25, 0.3) is 5.91 Å². The van der Waals surface area contributed by atoms with Crippen LogP contribution in [0.5, 0.6) is 0 Å². The van der Waals surface area contributed by atoms with Crippen LogP contribution in [0.4, 0.5) is 0 Å². The van der Waals surface area contributed by atoms with E-state index in [1.54, 1.807) is 4.90 Å². The molecule has 0 aromatic carbocycles. The second-order valence-corrected chi connectivity index (χ2v) is 7.80. The van der Waals surface area contributed by atoms with Crippen LogP contribution in [0.25, 0.3) is 0 Å². The molecule has 0 radical (unpaired) electrons. The number of nitrogens with two attached hydrogens (primary N) is 1. The van der Waals surface area contributed by atoms with Crippen LogP contribution >= 0.6 is 0 Å². The molecular weight excluding hydrogens is 292 g/mol. The molecule has 1 aromatic rings. The lowest BCUT2D eigenvalue weighted by Crippen LogP contribution is -2.31. The van der Waals surface area contributed by atoms with Crippen molar-refractivity contribution in [2.45, 2.75) is 37.5 Å². The Bertz CT molecular complexity index is 668. The minimum atomic E-state index is -3.97. The summed E-state index contributed by atoms with van der Waals surface area (Å²) in [5, 5.41) is 12.0. The molecule has 1 saturated carbocycles. The summed E-state index contributed by atoms with van der Waals surface area (Å²) in [4.78, 5) is 14.1. The van der Waals surface area contributed by atoms with Gasteiger partial charge in [0.15, 0.2) is 5.69 Å². The van der Waals surface area contributed by atoms with Crippen LogP contribution in [0.15, 0.2) is 4.90 Å². The summed E-state index contributed by atoms with van der Waals surface area (Å²) in [6.07, 6.45) is 1.80. The number of likely N-dealkylation sites (tertiary alicyclic amines) is 1. The fourth-order valence-corrected chi connectivity index (χ4v) is 3.79. The van der Waals surface area contributed by atoms with E-state index in [0.29, 0.717) is 30.6 Å². The van der Waals surface area contributed by atoms with E-state index < -0.39 is 10.0 Å². The van der Waals surface area contributed by atoms with Crippen molar-refractivity contribution in [1.82, 2.24) is 15.1 Å². The number of rotatable bonds is 3. The lowest BCUT2D eigenvalue weighted by Gasteiger charge is -2.15. The molecule has 2 atom stereocenters. The lowest BCUT2D eigenvalue weighted by molar-refractivity contribution is 0.0775. The van der Waals surface area contributed by atoms with Crippen molar-refractivity contribution in [2.24, 2.45) is 17.0 Å². The average molecular weight is 312 g/mol. The predicted octanol–water partition coefficient (Wildman–Crippen LogP) is 0.662. The Kier molecular flexibility index (Phi) is 3.32. The number of primary sulfonamides is 1. The number of aromatic amines is 1. The first-order valence-electron chi connectivity index (χ1n) is 7.19. The Labute approximate surface area is 123 Å². The fraction of sp³-hybridized carbons (Fsp3) is 0.692. The van der Waals surface area contributed by atoms with E-state index in [9.17, 15) is 13.2 Å². The summed E-state index contributed by atoms with van der Waals surface area (Å²) in [5.74, 6) is 0.574.